The first-order valence-corrected chi connectivity index (χ1v) is 11.7. The van der Waals surface area contributed by atoms with Gasteiger partial charge in [0.15, 0.2) is 0 Å². The Balaban J connectivity index is 1.37. The lowest BCUT2D eigenvalue weighted by atomic mass is 9.95. The number of hydrogen-bond donors (Lipinski definition) is 0. The average Bonchev–Trinajstić information content (AvgIpc) is 3.39. The van der Waals surface area contributed by atoms with Crippen LogP contribution in [0, 0.1) is 19.8 Å². The minimum Gasteiger partial charge on any atom is -0.376 e. The third kappa shape index (κ3) is 5.55. The largest absolute Gasteiger partial charge is 0.376 e. The van der Waals surface area contributed by atoms with Gasteiger partial charge in [-0.15, -0.1) is 0 Å². The standard InChI is InChI=1S/C25H36N4O2/c1-19-7-4-5-8-22(19)17-28-12-10-21(11-13-28)16-29(18-23-9-6-14-31-23)25(30)24-15-20(2)26-27(24)3/h4-5,7-8,15,21,23H,6,9-14,16-18H2,1-3H3/t23-/m1/s1. The molecule has 1 aromatic heterocycles. The molecule has 2 saturated heterocycles. The quantitative estimate of drug-likeness (QED) is 0.682. The predicted octanol–water partition coefficient (Wildman–Crippen LogP) is 3.57. The Hall–Kier alpha value is -2.18. The topological polar surface area (TPSA) is 50.6 Å². The lowest BCUT2D eigenvalue weighted by Crippen LogP contribution is -2.44. The fourth-order valence-corrected chi connectivity index (χ4v) is 4.91. The molecule has 1 amide bonds. The third-order valence-electron chi connectivity index (χ3n) is 6.80. The molecule has 0 bridgehead atoms. The molecule has 168 valence electrons. The second-order valence-corrected chi connectivity index (χ2v) is 9.29. The lowest BCUT2D eigenvalue weighted by molar-refractivity contribution is 0.0437. The molecule has 1 atom stereocenters. The van der Waals surface area contributed by atoms with Crippen molar-refractivity contribution < 1.29 is 9.53 Å². The molecule has 2 aliphatic rings. The van der Waals surface area contributed by atoms with Gasteiger partial charge in [0.2, 0.25) is 0 Å². The highest BCUT2D eigenvalue weighted by atomic mass is 16.5. The summed E-state index contributed by atoms with van der Waals surface area (Å²) in [6, 6.07) is 10.6. The number of nitrogens with zero attached hydrogens (tertiary/aromatic N) is 4. The molecule has 2 fully saturated rings. The number of ether oxygens (including phenoxy) is 1. The summed E-state index contributed by atoms with van der Waals surface area (Å²) >= 11 is 0. The molecule has 0 radical (unpaired) electrons. The maximum Gasteiger partial charge on any atom is 0.272 e. The van der Waals surface area contributed by atoms with E-state index in [0.717, 1.165) is 64.2 Å². The van der Waals surface area contributed by atoms with Crippen LogP contribution in [0.4, 0.5) is 0 Å². The molecule has 0 N–H and O–H groups in total. The van der Waals surface area contributed by atoms with Crippen molar-refractivity contribution in [2.24, 2.45) is 13.0 Å². The highest BCUT2D eigenvalue weighted by Crippen LogP contribution is 2.23. The molecule has 2 aliphatic heterocycles. The minimum absolute atomic E-state index is 0.0842. The Kier molecular flexibility index (Phi) is 7.08. The van der Waals surface area contributed by atoms with Gasteiger partial charge in [-0.05, 0) is 75.7 Å². The molecule has 1 aromatic carbocycles. The first kappa shape index (κ1) is 22.0. The van der Waals surface area contributed by atoms with Gasteiger partial charge in [0.1, 0.15) is 5.69 Å². The predicted molar refractivity (Wildman–Crippen MR) is 122 cm³/mol. The first-order chi connectivity index (χ1) is 15.0. The number of aromatic nitrogens is 2. The molecule has 0 spiro atoms. The van der Waals surface area contributed by atoms with Gasteiger partial charge in [-0.2, -0.15) is 5.10 Å². The molecule has 3 heterocycles. The Morgan fingerprint density at radius 3 is 2.58 bits per heavy atom. The van der Waals surface area contributed by atoms with Crippen LogP contribution in [0.15, 0.2) is 30.3 Å². The van der Waals surface area contributed by atoms with Crippen molar-refractivity contribution in [1.29, 1.82) is 0 Å². The summed E-state index contributed by atoms with van der Waals surface area (Å²) < 4.78 is 7.58. The highest BCUT2D eigenvalue weighted by Gasteiger charge is 2.29. The van der Waals surface area contributed by atoms with E-state index in [0.29, 0.717) is 18.2 Å². The van der Waals surface area contributed by atoms with E-state index in [1.165, 1.54) is 11.1 Å². The Bertz CT molecular complexity index is 879. The number of aryl methyl sites for hydroxylation is 3. The van der Waals surface area contributed by atoms with Gasteiger partial charge >= 0.3 is 0 Å². The van der Waals surface area contributed by atoms with Crippen LogP contribution in [0.5, 0.6) is 0 Å². The van der Waals surface area contributed by atoms with Gasteiger partial charge in [0, 0.05) is 33.3 Å². The second-order valence-electron chi connectivity index (χ2n) is 9.29. The minimum atomic E-state index is 0.0842. The van der Waals surface area contributed by atoms with Crippen LogP contribution in [-0.2, 0) is 18.3 Å². The van der Waals surface area contributed by atoms with Crippen molar-refractivity contribution >= 4 is 5.91 Å². The van der Waals surface area contributed by atoms with Crippen molar-refractivity contribution in [1.82, 2.24) is 19.6 Å². The van der Waals surface area contributed by atoms with Crippen molar-refractivity contribution in [3.63, 3.8) is 0 Å². The van der Waals surface area contributed by atoms with Crippen molar-refractivity contribution in [3.05, 3.63) is 52.8 Å². The summed E-state index contributed by atoms with van der Waals surface area (Å²) in [7, 11) is 1.86. The Labute approximate surface area is 186 Å². The maximum atomic E-state index is 13.4. The van der Waals surface area contributed by atoms with Gasteiger partial charge < -0.3 is 9.64 Å². The van der Waals surface area contributed by atoms with Crippen molar-refractivity contribution in [2.75, 3.05) is 32.8 Å². The molecule has 6 nitrogen and oxygen atoms in total. The molecule has 0 saturated carbocycles. The molecular formula is C25H36N4O2. The zero-order valence-electron chi connectivity index (χ0n) is 19.2. The van der Waals surface area contributed by atoms with Crippen molar-refractivity contribution in [2.45, 2.75) is 52.2 Å². The van der Waals surface area contributed by atoms with Crippen molar-refractivity contribution in [3.8, 4) is 0 Å². The third-order valence-corrected chi connectivity index (χ3v) is 6.80. The number of hydrogen-bond acceptors (Lipinski definition) is 4. The number of benzene rings is 1. The van der Waals surface area contributed by atoms with E-state index in [1.54, 1.807) is 4.68 Å². The number of piperidine rings is 1. The van der Waals surface area contributed by atoms with Gasteiger partial charge in [-0.1, -0.05) is 24.3 Å². The van der Waals surface area contributed by atoms with E-state index in [9.17, 15) is 4.79 Å². The highest BCUT2D eigenvalue weighted by molar-refractivity contribution is 5.92. The number of amides is 1. The van der Waals surface area contributed by atoms with Crippen LogP contribution in [0.1, 0.15) is 53.0 Å². The van der Waals surface area contributed by atoms with Crippen LogP contribution < -0.4 is 0 Å². The molecule has 0 unspecified atom stereocenters. The fraction of sp³-hybridized carbons (Fsp3) is 0.600. The van der Waals surface area contributed by atoms with E-state index in [1.807, 2.05) is 24.9 Å². The van der Waals surface area contributed by atoms with Crippen LogP contribution >= 0.6 is 0 Å². The Morgan fingerprint density at radius 1 is 1.16 bits per heavy atom. The van der Waals surface area contributed by atoms with E-state index in [2.05, 4.69) is 41.2 Å². The summed E-state index contributed by atoms with van der Waals surface area (Å²) in [6.45, 7) is 9.63. The molecule has 4 rings (SSSR count). The zero-order chi connectivity index (χ0) is 21.8. The molecule has 0 aliphatic carbocycles. The summed E-state index contributed by atoms with van der Waals surface area (Å²) in [5.41, 5.74) is 4.34. The summed E-state index contributed by atoms with van der Waals surface area (Å²) in [4.78, 5) is 18.0. The number of carbonyl (C=O) groups excluding carboxylic acids is 1. The molecule has 2 aromatic rings. The summed E-state index contributed by atoms with van der Waals surface area (Å²) in [6.07, 6.45) is 4.56. The van der Waals surface area contributed by atoms with E-state index in [4.69, 9.17) is 4.74 Å². The number of rotatable bonds is 7. The smallest absolute Gasteiger partial charge is 0.272 e. The molecular weight excluding hydrogens is 388 g/mol. The Morgan fingerprint density at radius 2 is 1.94 bits per heavy atom. The lowest BCUT2D eigenvalue weighted by Gasteiger charge is -2.35. The van der Waals surface area contributed by atoms with E-state index < -0.39 is 0 Å². The number of carbonyl (C=O) groups is 1. The van der Waals surface area contributed by atoms with E-state index >= 15 is 0 Å². The van der Waals surface area contributed by atoms with Gasteiger partial charge in [0.05, 0.1) is 11.8 Å². The molecule has 31 heavy (non-hydrogen) atoms. The zero-order valence-corrected chi connectivity index (χ0v) is 19.2. The van der Waals surface area contributed by atoms with Gasteiger partial charge in [-0.25, -0.2) is 0 Å². The average molecular weight is 425 g/mol. The second kappa shape index (κ2) is 9.96. The van der Waals surface area contributed by atoms with Crippen LogP contribution in [-0.4, -0.2) is 64.4 Å². The van der Waals surface area contributed by atoms with Gasteiger partial charge in [-0.3, -0.25) is 14.4 Å². The fourth-order valence-electron chi connectivity index (χ4n) is 4.91. The van der Waals surface area contributed by atoms with Crippen LogP contribution in [0.25, 0.3) is 0 Å². The van der Waals surface area contributed by atoms with E-state index in [-0.39, 0.29) is 12.0 Å². The first-order valence-electron chi connectivity index (χ1n) is 11.7. The normalized spacial score (nSPS) is 20.3. The summed E-state index contributed by atoms with van der Waals surface area (Å²) in [5.74, 6) is 0.619. The number of likely N-dealkylation sites (tertiary alicyclic amines) is 1. The van der Waals surface area contributed by atoms with Crippen LogP contribution in [0.3, 0.4) is 0 Å². The van der Waals surface area contributed by atoms with Crippen LogP contribution in [0.2, 0.25) is 0 Å². The monoisotopic (exact) mass is 424 g/mol. The molecule has 6 heteroatoms. The maximum absolute atomic E-state index is 13.4. The summed E-state index contributed by atoms with van der Waals surface area (Å²) in [5, 5.41) is 4.38. The van der Waals surface area contributed by atoms with Gasteiger partial charge in [0.25, 0.3) is 5.91 Å². The SMILES string of the molecule is Cc1cc(C(=O)N(CC2CCN(Cc3ccccc3C)CC2)C[C@H]2CCCO2)n(C)n1.